The highest BCUT2D eigenvalue weighted by Gasteiger charge is 2.23. The second-order valence-corrected chi connectivity index (χ2v) is 9.18. The van der Waals surface area contributed by atoms with Gasteiger partial charge in [-0.05, 0) is 36.8 Å². The third kappa shape index (κ3) is 4.32. The van der Waals surface area contributed by atoms with Crippen LogP contribution in [0.3, 0.4) is 0 Å². The first-order valence-electron chi connectivity index (χ1n) is 9.57. The molecule has 2 aromatic carbocycles. The quantitative estimate of drug-likeness (QED) is 0.407. The number of fused-ring (bicyclic) bond motifs is 1. The van der Waals surface area contributed by atoms with E-state index in [1.54, 1.807) is 42.5 Å². The monoisotopic (exact) mass is 473 g/mol. The zero-order valence-electron chi connectivity index (χ0n) is 16.8. The summed E-state index contributed by atoms with van der Waals surface area (Å²) in [6.45, 7) is 1.69. The highest BCUT2D eigenvalue weighted by atomic mass is 35.5. The summed E-state index contributed by atoms with van der Waals surface area (Å²) < 4.78 is 43.1. The predicted molar refractivity (Wildman–Crippen MR) is 119 cm³/mol. The van der Waals surface area contributed by atoms with Crippen molar-refractivity contribution in [1.82, 2.24) is 19.5 Å². The van der Waals surface area contributed by atoms with Gasteiger partial charge in [0.25, 0.3) is 0 Å². The van der Waals surface area contributed by atoms with E-state index < -0.39 is 27.2 Å². The number of carbonyl (C=O) groups excluding carboxylic acids is 1. The molecule has 0 spiro atoms. The fourth-order valence-corrected chi connectivity index (χ4v) is 4.50. The van der Waals surface area contributed by atoms with Crippen molar-refractivity contribution >= 4 is 44.1 Å². The fraction of sp³-hybridized carbons (Fsp3) is 0.143. The molecule has 0 saturated carbocycles. The molecule has 0 aliphatic rings. The molecule has 8 nitrogen and oxygen atoms in total. The van der Waals surface area contributed by atoms with Gasteiger partial charge in [0.05, 0.1) is 39.3 Å². The Kier molecular flexibility index (Phi) is 5.90. The van der Waals surface area contributed by atoms with Crippen LogP contribution in [0.1, 0.15) is 29.3 Å². The number of nitrogens with one attached hydrogen (secondary N) is 1. The number of hydrogen-bond acceptors (Lipinski definition) is 6. The number of hydrogen-bond donors (Lipinski definition) is 1. The molecule has 0 fully saturated rings. The van der Waals surface area contributed by atoms with Crippen LogP contribution >= 0.6 is 11.6 Å². The lowest BCUT2D eigenvalue weighted by molar-refractivity contribution is 0.103. The summed E-state index contributed by atoms with van der Waals surface area (Å²) in [7, 11) is -3.75. The molecule has 0 aliphatic heterocycles. The molecule has 4 aromatic rings. The van der Waals surface area contributed by atoms with Gasteiger partial charge >= 0.3 is 0 Å². The number of ketones is 1. The highest BCUT2D eigenvalue weighted by Crippen LogP contribution is 2.29. The van der Waals surface area contributed by atoms with Gasteiger partial charge < -0.3 is 0 Å². The average molecular weight is 474 g/mol. The first kappa shape index (κ1) is 21.8. The molecule has 0 aliphatic carbocycles. The van der Waals surface area contributed by atoms with E-state index in [2.05, 4.69) is 19.7 Å². The molecule has 0 atom stereocenters. The van der Waals surface area contributed by atoms with E-state index in [9.17, 15) is 13.2 Å². The topological polar surface area (TPSA) is 107 Å². The maximum atomic E-state index is 15.1. The minimum absolute atomic E-state index is 0.129. The van der Waals surface area contributed by atoms with Gasteiger partial charge in [-0.3, -0.25) is 19.1 Å². The number of rotatable bonds is 7. The molecule has 0 radical (unpaired) electrons. The molecule has 0 unspecified atom stereocenters. The van der Waals surface area contributed by atoms with Crippen molar-refractivity contribution in [3.05, 3.63) is 77.2 Å². The van der Waals surface area contributed by atoms with Crippen LogP contribution in [0.5, 0.6) is 0 Å². The summed E-state index contributed by atoms with van der Waals surface area (Å²) in [5.74, 6) is -1.43. The molecular weight excluding hydrogens is 457 g/mol. The summed E-state index contributed by atoms with van der Waals surface area (Å²) in [5.41, 5.74) is 0.316. The zero-order chi connectivity index (χ0) is 22.9. The van der Waals surface area contributed by atoms with Gasteiger partial charge in [0.2, 0.25) is 10.0 Å². The van der Waals surface area contributed by atoms with E-state index in [1.807, 2.05) is 0 Å². The van der Waals surface area contributed by atoms with Crippen LogP contribution in [0.2, 0.25) is 5.02 Å². The Morgan fingerprint density at radius 1 is 1.22 bits per heavy atom. The standard InChI is InChI=1S/C21H17ClFN5O3S/c1-2-9-32(30,31)27-16-6-4-14(22)19(20(16)23)21(29)13-3-5-15-17(10-13)26-18(11-25-15)28-8-7-24-12-28/h3-8,10-12,27H,2,9H2,1H3. The number of sulfonamides is 1. The minimum Gasteiger partial charge on any atom is -0.289 e. The summed E-state index contributed by atoms with van der Waals surface area (Å²) in [5, 5.41) is -0.135. The van der Waals surface area contributed by atoms with E-state index in [0.29, 0.717) is 23.3 Å². The molecule has 4 rings (SSSR count). The molecule has 2 aromatic heterocycles. The third-order valence-corrected chi connectivity index (χ3v) is 6.41. The normalized spacial score (nSPS) is 11.6. The van der Waals surface area contributed by atoms with Crippen LogP contribution < -0.4 is 4.72 Å². The van der Waals surface area contributed by atoms with Gasteiger partial charge in [0.1, 0.15) is 6.33 Å². The Morgan fingerprint density at radius 2 is 2.03 bits per heavy atom. The molecule has 11 heteroatoms. The van der Waals surface area contributed by atoms with E-state index in [4.69, 9.17) is 11.6 Å². The lowest BCUT2D eigenvalue weighted by Crippen LogP contribution is -2.18. The van der Waals surface area contributed by atoms with Crippen molar-refractivity contribution in [3.8, 4) is 5.82 Å². The van der Waals surface area contributed by atoms with Gasteiger partial charge in [-0.2, -0.15) is 0 Å². The molecular formula is C21H17ClFN5O3S. The van der Waals surface area contributed by atoms with Crippen LogP contribution in [0, 0.1) is 5.82 Å². The van der Waals surface area contributed by atoms with E-state index in [-0.39, 0.29) is 22.0 Å². The average Bonchev–Trinajstić information content (AvgIpc) is 3.30. The van der Waals surface area contributed by atoms with Gasteiger partial charge in [-0.1, -0.05) is 18.5 Å². The van der Waals surface area contributed by atoms with Gasteiger partial charge in [-0.15, -0.1) is 0 Å². The Balaban J connectivity index is 1.74. The third-order valence-electron chi connectivity index (χ3n) is 4.62. The smallest absolute Gasteiger partial charge is 0.232 e. The molecule has 164 valence electrons. The number of nitrogens with zero attached hydrogens (tertiary/aromatic N) is 4. The maximum absolute atomic E-state index is 15.1. The molecule has 32 heavy (non-hydrogen) atoms. The summed E-state index contributed by atoms with van der Waals surface area (Å²) in [6, 6.07) is 7.02. The molecule has 2 heterocycles. The van der Waals surface area contributed by atoms with Crippen molar-refractivity contribution in [2.24, 2.45) is 0 Å². The first-order chi connectivity index (χ1) is 15.3. The molecule has 0 amide bonds. The molecule has 1 N–H and O–H groups in total. The number of benzene rings is 2. The predicted octanol–water partition coefficient (Wildman–Crippen LogP) is 3.99. The molecule has 0 bridgehead atoms. The fourth-order valence-electron chi connectivity index (χ4n) is 3.13. The lowest BCUT2D eigenvalue weighted by Gasteiger charge is -2.12. The van der Waals surface area contributed by atoms with Crippen molar-refractivity contribution in [2.75, 3.05) is 10.5 Å². The largest absolute Gasteiger partial charge is 0.289 e. The lowest BCUT2D eigenvalue weighted by atomic mass is 10.0. The summed E-state index contributed by atoms with van der Waals surface area (Å²) >= 11 is 6.11. The minimum atomic E-state index is -3.75. The number of anilines is 1. The van der Waals surface area contributed by atoms with E-state index >= 15 is 4.39 Å². The van der Waals surface area contributed by atoms with Gasteiger partial charge in [-0.25, -0.2) is 22.8 Å². The summed E-state index contributed by atoms with van der Waals surface area (Å²) in [6.07, 6.45) is 6.78. The van der Waals surface area contributed by atoms with Gasteiger partial charge in [0, 0.05) is 18.0 Å². The second kappa shape index (κ2) is 8.64. The Morgan fingerprint density at radius 3 is 2.75 bits per heavy atom. The maximum Gasteiger partial charge on any atom is 0.232 e. The van der Waals surface area contributed by atoms with Crippen molar-refractivity contribution in [2.45, 2.75) is 13.3 Å². The number of imidazole rings is 1. The number of carbonyl (C=O) groups is 1. The number of aromatic nitrogens is 4. The van der Waals surface area contributed by atoms with Crippen molar-refractivity contribution < 1.29 is 17.6 Å². The Labute approximate surface area is 188 Å². The number of halogens is 2. The Hall–Kier alpha value is -3.37. The van der Waals surface area contributed by atoms with Crippen molar-refractivity contribution in [1.29, 1.82) is 0 Å². The SMILES string of the molecule is CCCS(=O)(=O)Nc1ccc(Cl)c(C(=O)c2ccc3ncc(-n4ccnc4)nc3c2)c1F. The zero-order valence-corrected chi connectivity index (χ0v) is 18.4. The first-order valence-corrected chi connectivity index (χ1v) is 11.6. The summed E-state index contributed by atoms with van der Waals surface area (Å²) in [4.78, 5) is 25.9. The van der Waals surface area contributed by atoms with Crippen LogP contribution in [0.15, 0.2) is 55.2 Å². The van der Waals surface area contributed by atoms with Crippen LogP contribution in [-0.4, -0.2) is 39.5 Å². The van der Waals surface area contributed by atoms with E-state index in [1.165, 1.54) is 24.3 Å². The van der Waals surface area contributed by atoms with Crippen LogP contribution in [-0.2, 0) is 10.0 Å². The highest BCUT2D eigenvalue weighted by molar-refractivity contribution is 7.92. The van der Waals surface area contributed by atoms with Gasteiger partial charge in [0.15, 0.2) is 17.4 Å². The Bertz CT molecular complexity index is 1430. The van der Waals surface area contributed by atoms with E-state index in [0.717, 1.165) is 0 Å². The molecule has 0 saturated heterocycles. The van der Waals surface area contributed by atoms with Crippen molar-refractivity contribution in [3.63, 3.8) is 0 Å². The second-order valence-electron chi connectivity index (χ2n) is 6.94. The van der Waals surface area contributed by atoms with Crippen LogP contribution in [0.25, 0.3) is 16.9 Å². The van der Waals surface area contributed by atoms with Crippen LogP contribution in [0.4, 0.5) is 10.1 Å².